The topological polar surface area (TPSA) is 66.4 Å². The number of carbonyl (C=O) groups is 2. The van der Waals surface area contributed by atoms with Gasteiger partial charge in [-0.1, -0.05) is 13.0 Å². The largest absolute Gasteiger partial charge is 0.481 e. The lowest BCUT2D eigenvalue weighted by Gasteiger charge is -2.11. The molecule has 74 valence electrons. The second-order valence-electron chi connectivity index (χ2n) is 2.74. The van der Waals surface area contributed by atoms with Crippen molar-refractivity contribution in [1.82, 2.24) is 5.32 Å². The first-order valence-electron chi connectivity index (χ1n) is 4.22. The molecule has 1 atom stereocenters. The molecule has 1 unspecified atom stereocenters. The van der Waals surface area contributed by atoms with Gasteiger partial charge in [0.1, 0.15) is 0 Å². The molecule has 4 nitrogen and oxygen atoms in total. The zero-order valence-corrected chi connectivity index (χ0v) is 7.75. The van der Waals surface area contributed by atoms with Crippen LogP contribution >= 0.6 is 0 Å². The van der Waals surface area contributed by atoms with Crippen LogP contribution in [-0.4, -0.2) is 23.5 Å². The molecule has 2 N–H and O–H groups in total. The highest BCUT2D eigenvalue weighted by atomic mass is 16.4. The van der Waals surface area contributed by atoms with Crippen molar-refractivity contribution >= 4 is 11.9 Å². The molecule has 4 heteroatoms. The van der Waals surface area contributed by atoms with E-state index in [0.29, 0.717) is 13.0 Å². The van der Waals surface area contributed by atoms with Gasteiger partial charge in [-0.25, -0.2) is 0 Å². The highest BCUT2D eigenvalue weighted by Gasteiger charge is 2.18. The average Bonchev–Trinajstić information content (AvgIpc) is 2.09. The summed E-state index contributed by atoms with van der Waals surface area (Å²) >= 11 is 0. The molecule has 0 radical (unpaired) electrons. The molecule has 13 heavy (non-hydrogen) atoms. The predicted molar refractivity (Wildman–Crippen MR) is 49.2 cm³/mol. The summed E-state index contributed by atoms with van der Waals surface area (Å²) in [6.45, 7) is 5.62. The number of carboxylic acids is 1. The molecule has 0 aromatic carbocycles. The Labute approximate surface area is 77.6 Å². The van der Waals surface area contributed by atoms with Crippen molar-refractivity contribution in [3.63, 3.8) is 0 Å². The number of carboxylic acid groups (broad SMARTS) is 1. The molecule has 0 aliphatic carbocycles. The molecule has 0 aliphatic heterocycles. The average molecular weight is 185 g/mol. The van der Waals surface area contributed by atoms with Crippen molar-refractivity contribution in [1.29, 1.82) is 0 Å². The van der Waals surface area contributed by atoms with Crippen molar-refractivity contribution in [3.05, 3.63) is 12.7 Å². The Morgan fingerprint density at radius 3 is 2.62 bits per heavy atom. The van der Waals surface area contributed by atoms with Crippen molar-refractivity contribution in [2.24, 2.45) is 5.92 Å². The van der Waals surface area contributed by atoms with Crippen LogP contribution in [-0.2, 0) is 9.59 Å². The minimum Gasteiger partial charge on any atom is -0.481 e. The van der Waals surface area contributed by atoms with Gasteiger partial charge in [0.05, 0.1) is 6.42 Å². The third-order valence-electron chi connectivity index (χ3n) is 1.71. The SMILES string of the molecule is C=CCNC(=O)C(CC)CC(=O)O. The molecular formula is C9H15NO3. The maximum atomic E-state index is 11.2. The fourth-order valence-electron chi connectivity index (χ4n) is 0.950. The van der Waals surface area contributed by atoms with Crippen molar-refractivity contribution in [2.45, 2.75) is 19.8 Å². The van der Waals surface area contributed by atoms with Gasteiger partial charge >= 0.3 is 5.97 Å². The van der Waals surface area contributed by atoms with E-state index in [1.54, 1.807) is 13.0 Å². The monoisotopic (exact) mass is 185 g/mol. The van der Waals surface area contributed by atoms with Crippen LogP contribution in [0.25, 0.3) is 0 Å². The highest BCUT2D eigenvalue weighted by Crippen LogP contribution is 2.07. The van der Waals surface area contributed by atoms with Gasteiger partial charge in [0.2, 0.25) is 5.91 Å². The van der Waals surface area contributed by atoms with Crippen LogP contribution < -0.4 is 5.32 Å². The summed E-state index contributed by atoms with van der Waals surface area (Å²) in [5, 5.41) is 11.1. The lowest BCUT2D eigenvalue weighted by Crippen LogP contribution is -2.31. The third kappa shape index (κ3) is 5.00. The lowest BCUT2D eigenvalue weighted by atomic mass is 10.0. The first-order chi connectivity index (χ1) is 6.11. The second-order valence-corrected chi connectivity index (χ2v) is 2.74. The maximum absolute atomic E-state index is 11.2. The first-order valence-corrected chi connectivity index (χ1v) is 4.22. The van der Waals surface area contributed by atoms with Gasteiger partial charge in [-0.15, -0.1) is 6.58 Å². The number of hydrogen-bond donors (Lipinski definition) is 2. The van der Waals surface area contributed by atoms with E-state index in [-0.39, 0.29) is 12.3 Å². The van der Waals surface area contributed by atoms with Gasteiger partial charge in [0, 0.05) is 12.5 Å². The van der Waals surface area contributed by atoms with Crippen LogP contribution in [0.15, 0.2) is 12.7 Å². The minimum absolute atomic E-state index is 0.112. The van der Waals surface area contributed by atoms with Crippen molar-refractivity contribution < 1.29 is 14.7 Å². The zero-order valence-electron chi connectivity index (χ0n) is 7.75. The van der Waals surface area contributed by atoms with Gasteiger partial charge in [0.25, 0.3) is 0 Å². The van der Waals surface area contributed by atoms with E-state index >= 15 is 0 Å². The van der Waals surface area contributed by atoms with Crippen LogP contribution in [0.3, 0.4) is 0 Å². The Bertz CT molecular complexity index is 201. The van der Waals surface area contributed by atoms with E-state index < -0.39 is 11.9 Å². The van der Waals surface area contributed by atoms with Gasteiger partial charge in [-0.05, 0) is 6.42 Å². The summed E-state index contributed by atoms with van der Waals surface area (Å²) in [5.41, 5.74) is 0. The van der Waals surface area contributed by atoms with E-state index in [2.05, 4.69) is 11.9 Å². The number of rotatable bonds is 6. The number of hydrogen-bond acceptors (Lipinski definition) is 2. The van der Waals surface area contributed by atoms with Gasteiger partial charge in [-0.3, -0.25) is 9.59 Å². The van der Waals surface area contributed by atoms with E-state index in [9.17, 15) is 9.59 Å². The number of aliphatic carboxylic acids is 1. The van der Waals surface area contributed by atoms with E-state index in [0.717, 1.165) is 0 Å². The minimum atomic E-state index is -0.944. The van der Waals surface area contributed by atoms with E-state index in [1.807, 2.05) is 0 Å². The molecule has 1 amide bonds. The van der Waals surface area contributed by atoms with Gasteiger partial charge < -0.3 is 10.4 Å². The molecule has 0 aromatic heterocycles. The lowest BCUT2D eigenvalue weighted by molar-refractivity contribution is -0.141. The van der Waals surface area contributed by atoms with E-state index in [1.165, 1.54) is 0 Å². The Balaban J connectivity index is 3.98. The predicted octanol–water partition coefficient (Wildman–Crippen LogP) is 0.790. The number of amides is 1. The van der Waals surface area contributed by atoms with E-state index in [4.69, 9.17) is 5.11 Å². The maximum Gasteiger partial charge on any atom is 0.304 e. The fraction of sp³-hybridized carbons (Fsp3) is 0.556. The smallest absolute Gasteiger partial charge is 0.304 e. The molecule has 0 saturated carbocycles. The van der Waals surface area contributed by atoms with Crippen molar-refractivity contribution in [2.75, 3.05) is 6.54 Å². The third-order valence-corrected chi connectivity index (χ3v) is 1.71. The molecule has 0 aromatic rings. The first kappa shape index (κ1) is 11.7. The van der Waals surface area contributed by atoms with Crippen LogP contribution in [0.2, 0.25) is 0 Å². The molecule has 0 spiro atoms. The van der Waals surface area contributed by atoms with Crippen LogP contribution in [0, 0.1) is 5.92 Å². The summed E-state index contributed by atoms with van der Waals surface area (Å²) < 4.78 is 0. The van der Waals surface area contributed by atoms with Crippen molar-refractivity contribution in [3.8, 4) is 0 Å². The highest BCUT2D eigenvalue weighted by molar-refractivity contribution is 5.83. The molecule has 0 fully saturated rings. The molecule has 0 saturated heterocycles. The summed E-state index contributed by atoms with van der Waals surface area (Å²) in [7, 11) is 0. The van der Waals surface area contributed by atoms with Crippen LogP contribution in [0.5, 0.6) is 0 Å². The molecular weight excluding hydrogens is 170 g/mol. The Hall–Kier alpha value is -1.32. The summed E-state index contributed by atoms with van der Waals surface area (Å²) in [5.74, 6) is -1.59. The zero-order chi connectivity index (χ0) is 10.3. The Kier molecular flexibility index (Phi) is 5.59. The summed E-state index contributed by atoms with van der Waals surface area (Å²) in [6, 6.07) is 0. The second kappa shape index (κ2) is 6.22. The van der Waals surface area contributed by atoms with Gasteiger partial charge in [-0.2, -0.15) is 0 Å². The normalized spacial score (nSPS) is 11.8. The van der Waals surface area contributed by atoms with Crippen LogP contribution in [0.1, 0.15) is 19.8 Å². The number of carbonyl (C=O) groups excluding carboxylic acids is 1. The Morgan fingerprint density at radius 2 is 2.23 bits per heavy atom. The number of nitrogens with one attached hydrogen (secondary N) is 1. The van der Waals surface area contributed by atoms with Gasteiger partial charge in [0.15, 0.2) is 0 Å². The summed E-state index contributed by atoms with van der Waals surface area (Å²) in [6.07, 6.45) is 1.99. The standard InChI is InChI=1S/C9H15NO3/c1-3-5-10-9(13)7(4-2)6-8(11)12/h3,7H,1,4-6H2,2H3,(H,10,13)(H,11,12). The molecule has 0 bridgehead atoms. The molecule has 0 aliphatic rings. The van der Waals surface area contributed by atoms with Crippen LogP contribution in [0.4, 0.5) is 0 Å². The summed E-state index contributed by atoms with van der Waals surface area (Å²) in [4.78, 5) is 21.6. The molecule has 0 heterocycles. The quantitative estimate of drug-likeness (QED) is 0.601. The fourth-order valence-corrected chi connectivity index (χ4v) is 0.950. The Morgan fingerprint density at radius 1 is 1.62 bits per heavy atom. The molecule has 0 rings (SSSR count).